The first-order chi connectivity index (χ1) is 11.7. The third-order valence-electron chi connectivity index (χ3n) is 3.89. The van der Waals surface area contributed by atoms with Crippen LogP contribution in [0.3, 0.4) is 0 Å². The molecule has 2 rings (SSSR count). The van der Waals surface area contributed by atoms with E-state index in [0.29, 0.717) is 19.5 Å². The SMILES string of the molecule is COc1ccc(CCNCCC(=O)NCc2ccc(C)cc2)cc1. The van der Waals surface area contributed by atoms with Crippen molar-refractivity contribution in [3.05, 3.63) is 65.2 Å². The molecule has 0 fully saturated rings. The van der Waals surface area contributed by atoms with E-state index in [1.165, 1.54) is 11.1 Å². The maximum atomic E-state index is 11.8. The second-order valence-corrected chi connectivity index (χ2v) is 5.86. The highest BCUT2D eigenvalue weighted by atomic mass is 16.5. The lowest BCUT2D eigenvalue weighted by atomic mass is 10.1. The molecule has 0 aliphatic rings. The van der Waals surface area contributed by atoms with Crippen LogP contribution < -0.4 is 15.4 Å². The van der Waals surface area contributed by atoms with Gasteiger partial charge in [0.25, 0.3) is 0 Å². The third kappa shape index (κ3) is 6.42. The van der Waals surface area contributed by atoms with Crippen molar-refractivity contribution in [1.29, 1.82) is 0 Å². The number of carbonyl (C=O) groups is 1. The number of aryl methyl sites for hydroxylation is 1. The summed E-state index contributed by atoms with van der Waals surface area (Å²) in [7, 11) is 1.67. The smallest absolute Gasteiger partial charge is 0.221 e. The Morgan fingerprint density at radius 1 is 0.958 bits per heavy atom. The van der Waals surface area contributed by atoms with E-state index in [4.69, 9.17) is 4.74 Å². The average molecular weight is 326 g/mol. The highest BCUT2D eigenvalue weighted by Gasteiger charge is 2.01. The van der Waals surface area contributed by atoms with Gasteiger partial charge in [-0.15, -0.1) is 0 Å². The number of amides is 1. The standard InChI is InChI=1S/C20H26N2O2/c1-16-3-5-18(6-4-16)15-22-20(23)12-14-21-13-11-17-7-9-19(24-2)10-8-17/h3-10,21H,11-15H2,1-2H3,(H,22,23). The van der Waals surface area contributed by atoms with Gasteiger partial charge in [0.15, 0.2) is 0 Å². The third-order valence-corrected chi connectivity index (χ3v) is 3.89. The van der Waals surface area contributed by atoms with Crippen LogP contribution in [0, 0.1) is 6.92 Å². The van der Waals surface area contributed by atoms with Crippen LogP contribution in [0.4, 0.5) is 0 Å². The Bertz CT molecular complexity index is 621. The highest BCUT2D eigenvalue weighted by molar-refractivity contribution is 5.76. The number of ether oxygens (including phenoxy) is 1. The molecule has 24 heavy (non-hydrogen) atoms. The van der Waals surface area contributed by atoms with Crippen LogP contribution in [0.25, 0.3) is 0 Å². The van der Waals surface area contributed by atoms with E-state index in [-0.39, 0.29) is 5.91 Å². The van der Waals surface area contributed by atoms with Crippen LogP contribution in [-0.4, -0.2) is 26.1 Å². The Balaban J connectivity index is 1.56. The predicted molar refractivity (Wildman–Crippen MR) is 97.2 cm³/mol. The molecule has 0 radical (unpaired) electrons. The number of hydrogen-bond donors (Lipinski definition) is 2. The summed E-state index contributed by atoms with van der Waals surface area (Å²) in [5.41, 5.74) is 3.61. The number of hydrogen-bond acceptors (Lipinski definition) is 3. The number of carbonyl (C=O) groups excluding carboxylic acids is 1. The summed E-state index contributed by atoms with van der Waals surface area (Å²) < 4.78 is 5.14. The second-order valence-electron chi connectivity index (χ2n) is 5.86. The molecule has 2 N–H and O–H groups in total. The van der Waals surface area contributed by atoms with Crippen LogP contribution in [0.15, 0.2) is 48.5 Å². The van der Waals surface area contributed by atoms with Crippen molar-refractivity contribution >= 4 is 5.91 Å². The van der Waals surface area contributed by atoms with Gasteiger partial charge in [0, 0.05) is 19.5 Å². The van der Waals surface area contributed by atoms with Gasteiger partial charge >= 0.3 is 0 Å². The average Bonchev–Trinajstić information content (AvgIpc) is 2.61. The lowest BCUT2D eigenvalue weighted by Gasteiger charge is -2.07. The Hall–Kier alpha value is -2.33. The number of benzene rings is 2. The van der Waals surface area contributed by atoms with Gasteiger partial charge in [0.05, 0.1) is 7.11 Å². The van der Waals surface area contributed by atoms with E-state index < -0.39 is 0 Å². The van der Waals surface area contributed by atoms with E-state index in [1.807, 2.05) is 24.3 Å². The van der Waals surface area contributed by atoms with Crippen molar-refractivity contribution in [1.82, 2.24) is 10.6 Å². The molecule has 0 saturated heterocycles. The molecule has 0 spiro atoms. The zero-order valence-corrected chi connectivity index (χ0v) is 14.5. The minimum Gasteiger partial charge on any atom is -0.497 e. The fourth-order valence-electron chi connectivity index (χ4n) is 2.35. The molecule has 0 saturated carbocycles. The Morgan fingerprint density at radius 2 is 1.62 bits per heavy atom. The molecule has 2 aromatic carbocycles. The van der Waals surface area contributed by atoms with Crippen LogP contribution >= 0.6 is 0 Å². The van der Waals surface area contributed by atoms with Crippen LogP contribution in [-0.2, 0) is 17.8 Å². The molecule has 1 amide bonds. The van der Waals surface area contributed by atoms with Crippen LogP contribution in [0.1, 0.15) is 23.1 Å². The van der Waals surface area contributed by atoms with E-state index in [1.54, 1.807) is 7.11 Å². The molecule has 0 heterocycles. The van der Waals surface area contributed by atoms with Crippen molar-refractivity contribution < 1.29 is 9.53 Å². The molecular formula is C20H26N2O2. The van der Waals surface area contributed by atoms with E-state index in [2.05, 4.69) is 41.8 Å². The topological polar surface area (TPSA) is 50.4 Å². The van der Waals surface area contributed by atoms with Crippen molar-refractivity contribution in [3.8, 4) is 5.75 Å². The van der Waals surface area contributed by atoms with Crippen LogP contribution in [0.2, 0.25) is 0 Å². The lowest BCUT2D eigenvalue weighted by molar-refractivity contribution is -0.121. The normalized spacial score (nSPS) is 10.4. The minimum atomic E-state index is 0.0764. The van der Waals surface area contributed by atoms with Gasteiger partial charge in [-0.2, -0.15) is 0 Å². The van der Waals surface area contributed by atoms with Crippen molar-refractivity contribution in [3.63, 3.8) is 0 Å². The molecule has 128 valence electrons. The predicted octanol–water partition coefficient (Wildman–Crippen LogP) is 2.84. The maximum absolute atomic E-state index is 11.8. The fraction of sp³-hybridized carbons (Fsp3) is 0.350. The highest BCUT2D eigenvalue weighted by Crippen LogP contribution is 2.11. The zero-order chi connectivity index (χ0) is 17.2. The van der Waals surface area contributed by atoms with Gasteiger partial charge in [0.2, 0.25) is 5.91 Å². The van der Waals surface area contributed by atoms with E-state index >= 15 is 0 Å². The van der Waals surface area contributed by atoms with Crippen molar-refractivity contribution in [2.75, 3.05) is 20.2 Å². The van der Waals surface area contributed by atoms with Gasteiger partial charge in [-0.1, -0.05) is 42.0 Å². The summed E-state index contributed by atoms with van der Waals surface area (Å²) in [5.74, 6) is 0.949. The van der Waals surface area contributed by atoms with E-state index in [9.17, 15) is 4.79 Å². The molecule has 0 aliphatic carbocycles. The number of rotatable bonds is 9. The largest absolute Gasteiger partial charge is 0.497 e. The lowest BCUT2D eigenvalue weighted by Crippen LogP contribution is -2.28. The maximum Gasteiger partial charge on any atom is 0.221 e. The molecule has 0 unspecified atom stereocenters. The summed E-state index contributed by atoms with van der Waals surface area (Å²) in [6, 6.07) is 16.3. The summed E-state index contributed by atoms with van der Waals surface area (Å²) in [6.45, 7) is 4.19. The number of nitrogens with one attached hydrogen (secondary N) is 2. The van der Waals surface area contributed by atoms with Gasteiger partial charge in [0.1, 0.15) is 5.75 Å². The van der Waals surface area contributed by atoms with E-state index in [0.717, 1.165) is 24.3 Å². The van der Waals surface area contributed by atoms with Crippen LogP contribution in [0.5, 0.6) is 5.75 Å². The molecule has 0 bridgehead atoms. The molecule has 2 aromatic rings. The van der Waals surface area contributed by atoms with Crippen molar-refractivity contribution in [2.24, 2.45) is 0 Å². The molecule has 4 heteroatoms. The fourth-order valence-corrected chi connectivity index (χ4v) is 2.35. The molecular weight excluding hydrogens is 300 g/mol. The number of methoxy groups -OCH3 is 1. The summed E-state index contributed by atoms with van der Waals surface area (Å²) >= 11 is 0. The quantitative estimate of drug-likeness (QED) is 0.697. The Morgan fingerprint density at radius 3 is 2.29 bits per heavy atom. The summed E-state index contributed by atoms with van der Waals surface area (Å²) in [6.07, 6.45) is 1.43. The Kier molecular flexibility index (Phi) is 7.30. The monoisotopic (exact) mass is 326 g/mol. The van der Waals surface area contributed by atoms with Crippen molar-refractivity contribution in [2.45, 2.75) is 26.3 Å². The zero-order valence-electron chi connectivity index (χ0n) is 14.5. The molecule has 0 aliphatic heterocycles. The first kappa shape index (κ1) is 18.0. The van der Waals surface area contributed by atoms with Gasteiger partial charge in [-0.3, -0.25) is 4.79 Å². The first-order valence-electron chi connectivity index (χ1n) is 8.33. The van der Waals surface area contributed by atoms with Gasteiger partial charge in [-0.25, -0.2) is 0 Å². The molecule has 0 atom stereocenters. The Labute approximate surface area is 144 Å². The molecule has 4 nitrogen and oxygen atoms in total. The summed E-state index contributed by atoms with van der Waals surface area (Å²) in [4.78, 5) is 11.8. The summed E-state index contributed by atoms with van der Waals surface area (Å²) in [5, 5.41) is 6.25. The minimum absolute atomic E-state index is 0.0764. The van der Waals surface area contributed by atoms with Gasteiger partial charge in [-0.05, 0) is 43.1 Å². The van der Waals surface area contributed by atoms with Gasteiger partial charge < -0.3 is 15.4 Å². The first-order valence-corrected chi connectivity index (χ1v) is 8.33. The second kappa shape index (κ2) is 9.73. The molecule has 0 aromatic heterocycles.